The summed E-state index contributed by atoms with van der Waals surface area (Å²) < 4.78 is 1.22. The van der Waals surface area contributed by atoms with E-state index < -0.39 is 0 Å². The first kappa shape index (κ1) is 8.13. The van der Waals surface area contributed by atoms with Gasteiger partial charge in [-0.1, -0.05) is 0 Å². The van der Waals surface area contributed by atoms with Crippen LogP contribution in [0.4, 0.5) is 0 Å². The fraction of sp³-hybridized carbons (Fsp3) is 0.333. The summed E-state index contributed by atoms with van der Waals surface area (Å²) in [7, 11) is 0. The highest BCUT2D eigenvalue weighted by molar-refractivity contribution is 7.80. The van der Waals surface area contributed by atoms with Gasteiger partial charge in [0.05, 0.1) is 4.90 Å². The smallest absolute Gasteiger partial charge is 0.268 e. The van der Waals surface area contributed by atoms with Crippen molar-refractivity contribution in [3.05, 3.63) is 26.8 Å². The number of aromatic amines is 1. The monoisotopic (exact) mass is 172 g/mol. The molecule has 5 heteroatoms. The van der Waals surface area contributed by atoms with E-state index in [1.165, 1.54) is 10.7 Å². The van der Waals surface area contributed by atoms with Gasteiger partial charge < -0.3 is 0 Å². The van der Waals surface area contributed by atoms with E-state index >= 15 is 0 Å². The highest BCUT2D eigenvalue weighted by atomic mass is 32.1. The van der Waals surface area contributed by atoms with Crippen LogP contribution in [0, 0.1) is 0 Å². The zero-order valence-electron chi connectivity index (χ0n) is 6.00. The second-order valence-corrected chi connectivity index (χ2v) is 2.53. The Morgan fingerprint density at radius 1 is 1.64 bits per heavy atom. The Morgan fingerprint density at radius 3 is 2.82 bits per heavy atom. The molecule has 0 aliphatic rings. The van der Waals surface area contributed by atoms with Crippen LogP contribution in [0.2, 0.25) is 0 Å². The predicted molar refractivity (Wildman–Crippen MR) is 44.2 cm³/mol. The number of thiol groups is 1. The van der Waals surface area contributed by atoms with Crippen LogP contribution in [-0.4, -0.2) is 9.78 Å². The average Bonchev–Trinajstić information content (AvgIpc) is 1.97. The molecule has 0 aliphatic carbocycles. The molecule has 0 radical (unpaired) electrons. The molecule has 0 aromatic carbocycles. The molecule has 1 aromatic rings. The van der Waals surface area contributed by atoms with Crippen LogP contribution in [0.5, 0.6) is 0 Å². The molecule has 11 heavy (non-hydrogen) atoms. The van der Waals surface area contributed by atoms with Crippen molar-refractivity contribution < 1.29 is 0 Å². The summed E-state index contributed by atoms with van der Waals surface area (Å²) >= 11 is 3.80. The summed E-state index contributed by atoms with van der Waals surface area (Å²) in [5.74, 6) is 0. The molecule has 0 aliphatic heterocycles. The number of aromatic nitrogens is 2. The Balaban J connectivity index is 3.45. The standard InChI is InChI=1S/C6H8N2O2S/c1-2-8-5(9)3-4(11)6(10)7-8/h3,11H,2H2,1H3,(H,7,10). The first-order valence-electron chi connectivity index (χ1n) is 3.18. The maximum Gasteiger partial charge on any atom is 0.276 e. The Kier molecular flexibility index (Phi) is 2.19. The minimum absolute atomic E-state index is 0.153. The van der Waals surface area contributed by atoms with Crippen LogP contribution in [0.3, 0.4) is 0 Å². The Hall–Kier alpha value is -0.970. The number of nitrogens with one attached hydrogen (secondary N) is 1. The molecule has 0 saturated carbocycles. The van der Waals surface area contributed by atoms with Crippen molar-refractivity contribution in [3.8, 4) is 0 Å². The highest BCUT2D eigenvalue weighted by Gasteiger charge is 1.97. The van der Waals surface area contributed by atoms with Gasteiger partial charge in [0.2, 0.25) is 0 Å². The maximum atomic E-state index is 11.0. The van der Waals surface area contributed by atoms with Gasteiger partial charge in [0.15, 0.2) is 0 Å². The Morgan fingerprint density at radius 2 is 2.27 bits per heavy atom. The lowest BCUT2D eigenvalue weighted by Crippen LogP contribution is -2.28. The molecule has 4 nitrogen and oxygen atoms in total. The van der Waals surface area contributed by atoms with Gasteiger partial charge in [-0.3, -0.25) is 19.4 Å². The Labute approximate surface area is 68.3 Å². The second kappa shape index (κ2) is 2.96. The SMILES string of the molecule is CCn1[nH]c(=O)c(S)cc1=O. The molecule has 0 unspecified atom stereocenters. The number of H-pyrrole nitrogens is 1. The third-order valence-electron chi connectivity index (χ3n) is 1.31. The number of hydrogen-bond donors (Lipinski definition) is 2. The van der Waals surface area contributed by atoms with Gasteiger partial charge in [0, 0.05) is 12.6 Å². The third kappa shape index (κ3) is 1.54. The summed E-state index contributed by atoms with van der Waals surface area (Å²) in [4.78, 5) is 22.0. The molecule has 1 heterocycles. The summed E-state index contributed by atoms with van der Waals surface area (Å²) in [6.45, 7) is 2.23. The van der Waals surface area contributed by atoms with E-state index in [2.05, 4.69) is 17.7 Å². The van der Waals surface area contributed by atoms with Crippen LogP contribution < -0.4 is 11.1 Å². The van der Waals surface area contributed by atoms with E-state index in [4.69, 9.17) is 0 Å². The van der Waals surface area contributed by atoms with Gasteiger partial charge in [-0.2, -0.15) is 0 Å². The van der Waals surface area contributed by atoms with Gasteiger partial charge >= 0.3 is 0 Å². The first-order valence-corrected chi connectivity index (χ1v) is 3.63. The number of rotatable bonds is 1. The van der Waals surface area contributed by atoms with Crippen molar-refractivity contribution >= 4 is 12.6 Å². The van der Waals surface area contributed by atoms with Crippen molar-refractivity contribution in [3.63, 3.8) is 0 Å². The number of nitrogens with zero attached hydrogens (tertiary/aromatic N) is 1. The lowest BCUT2D eigenvalue weighted by molar-refractivity contribution is 0.596. The van der Waals surface area contributed by atoms with E-state index in [1.54, 1.807) is 6.92 Å². The van der Waals surface area contributed by atoms with Crippen molar-refractivity contribution in [2.75, 3.05) is 0 Å². The summed E-state index contributed by atoms with van der Waals surface area (Å²) in [5.41, 5.74) is -0.577. The third-order valence-corrected chi connectivity index (χ3v) is 1.64. The maximum absolute atomic E-state index is 11.0. The van der Waals surface area contributed by atoms with Crippen molar-refractivity contribution in [1.29, 1.82) is 0 Å². The van der Waals surface area contributed by atoms with Crippen molar-refractivity contribution in [2.45, 2.75) is 18.4 Å². The topological polar surface area (TPSA) is 54.9 Å². The fourth-order valence-electron chi connectivity index (χ4n) is 0.730. The first-order chi connectivity index (χ1) is 5.15. The van der Waals surface area contributed by atoms with Crippen LogP contribution >= 0.6 is 12.6 Å². The van der Waals surface area contributed by atoms with Crippen LogP contribution in [0.1, 0.15) is 6.92 Å². The molecule has 1 N–H and O–H groups in total. The molecular weight excluding hydrogens is 164 g/mol. The summed E-state index contributed by atoms with van der Waals surface area (Å²) in [6.07, 6.45) is 0. The molecule has 0 bridgehead atoms. The molecule has 0 amide bonds. The quantitative estimate of drug-likeness (QED) is 0.578. The predicted octanol–water partition coefficient (Wildman–Crippen LogP) is -0.155. The lowest BCUT2D eigenvalue weighted by atomic mass is 10.5. The highest BCUT2D eigenvalue weighted by Crippen LogP contribution is 1.88. The van der Waals surface area contributed by atoms with Gasteiger partial charge in [-0.05, 0) is 6.92 Å². The summed E-state index contributed by atoms with van der Waals surface area (Å²) in [6, 6.07) is 1.20. The van der Waals surface area contributed by atoms with Crippen LogP contribution in [-0.2, 0) is 6.54 Å². The van der Waals surface area contributed by atoms with E-state index in [9.17, 15) is 9.59 Å². The van der Waals surface area contributed by atoms with E-state index in [1.807, 2.05) is 0 Å². The molecule has 60 valence electrons. The minimum atomic E-state index is -0.338. The zero-order valence-corrected chi connectivity index (χ0v) is 6.89. The van der Waals surface area contributed by atoms with Crippen LogP contribution in [0.25, 0.3) is 0 Å². The molecule has 1 aromatic heterocycles. The Bertz CT molecular complexity index is 366. The number of aryl methyl sites for hydroxylation is 1. The molecule has 0 saturated heterocycles. The minimum Gasteiger partial charge on any atom is -0.268 e. The van der Waals surface area contributed by atoms with Crippen LogP contribution in [0.15, 0.2) is 20.6 Å². The van der Waals surface area contributed by atoms with Gasteiger partial charge in [0.25, 0.3) is 11.1 Å². The average molecular weight is 172 g/mol. The molecule has 0 spiro atoms. The largest absolute Gasteiger partial charge is 0.276 e. The van der Waals surface area contributed by atoms with Gasteiger partial charge in [-0.15, -0.1) is 12.6 Å². The van der Waals surface area contributed by atoms with Gasteiger partial charge in [0.1, 0.15) is 0 Å². The molecule has 0 atom stereocenters. The van der Waals surface area contributed by atoms with E-state index in [0.717, 1.165) is 0 Å². The van der Waals surface area contributed by atoms with Crippen molar-refractivity contribution in [2.24, 2.45) is 0 Å². The van der Waals surface area contributed by atoms with E-state index in [0.29, 0.717) is 6.54 Å². The molecule has 1 rings (SSSR count). The normalized spacial score (nSPS) is 10.0. The van der Waals surface area contributed by atoms with Crippen molar-refractivity contribution in [1.82, 2.24) is 9.78 Å². The van der Waals surface area contributed by atoms with Gasteiger partial charge in [-0.25, -0.2) is 0 Å². The zero-order chi connectivity index (χ0) is 8.43. The van der Waals surface area contributed by atoms with E-state index in [-0.39, 0.29) is 16.0 Å². The second-order valence-electron chi connectivity index (χ2n) is 2.05. The molecular formula is C6H8N2O2S. The summed E-state index contributed by atoms with van der Waals surface area (Å²) in [5, 5.41) is 2.37. The molecule has 0 fully saturated rings. The fourth-order valence-corrected chi connectivity index (χ4v) is 0.891. The lowest BCUT2D eigenvalue weighted by Gasteiger charge is -1.99. The number of hydrogen-bond acceptors (Lipinski definition) is 3.